The summed E-state index contributed by atoms with van der Waals surface area (Å²) in [6.07, 6.45) is 0. The van der Waals surface area contributed by atoms with E-state index >= 15 is 0 Å². The Balaban J connectivity index is 3.26. The van der Waals surface area contributed by atoms with E-state index < -0.39 is 29.4 Å². The summed E-state index contributed by atoms with van der Waals surface area (Å²) in [7, 11) is 0. The molecule has 0 saturated heterocycles. The van der Waals surface area contributed by atoms with Crippen molar-refractivity contribution in [3.63, 3.8) is 0 Å². The Hall–Kier alpha value is -2.42. The van der Waals surface area contributed by atoms with E-state index in [1.165, 1.54) is 0 Å². The van der Waals surface area contributed by atoms with Gasteiger partial charge in [0, 0.05) is 6.04 Å². The molecule has 0 aliphatic rings. The lowest BCUT2D eigenvalue weighted by molar-refractivity contribution is -0.299. The third-order valence-corrected chi connectivity index (χ3v) is 2.15. The number of aromatic nitrogens is 2. The summed E-state index contributed by atoms with van der Waals surface area (Å²) in [5.74, 6) is -6.01. The highest BCUT2D eigenvalue weighted by atomic mass is 35.5. The standard InChI is InChI=1S/C10H11ClN4O5/c1-3(2)12-7-5(11)13-4(9(17)18)6(14-7)15-8(16)10(19)20/h3H,1-2H3,(H,17,18)(H,19,20)(H2,12,14,15,16)/p-2. The van der Waals surface area contributed by atoms with Crippen molar-refractivity contribution in [1.29, 1.82) is 0 Å². The average molecular weight is 301 g/mol. The lowest BCUT2D eigenvalue weighted by Crippen LogP contribution is -2.37. The van der Waals surface area contributed by atoms with Gasteiger partial charge in [-0.05, 0) is 13.8 Å². The molecule has 1 aromatic rings. The van der Waals surface area contributed by atoms with Crippen LogP contribution in [0.15, 0.2) is 0 Å². The molecule has 0 unspecified atom stereocenters. The largest absolute Gasteiger partial charge is 0.543 e. The number of amides is 1. The van der Waals surface area contributed by atoms with Crippen molar-refractivity contribution in [2.24, 2.45) is 0 Å². The minimum Gasteiger partial charge on any atom is -0.543 e. The number of anilines is 2. The number of rotatable bonds is 4. The molecule has 2 N–H and O–H groups in total. The highest BCUT2D eigenvalue weighted by Crippen LogP contribution is 2.22. The summed E-state index contributed by atoms with van der Waals surface area (Å²) in [5.41, 5.74) is -0.793. The van der Waals surface area contributed by atoms with Gasteiger partial charge in [0.05, 0.1) is 5.97 Å². The SMILES string of the molecule is CC(C)Nc1nc(NC(=O)C(=O)[O-])c(C(=O)[O-])nc1Cl. The minimum atomic E-state index is -2.05. The van der Waals surface area contributed by atoms with E-state index in [9.17, 15) is 24.6 Å². The molecule has 0 aliphatic carbocycles. The summed E-state index contributed by atoms with van der Waals surface area (Å²) in [5, 5.41) is 25.4. The van der Waals surface area contributed by atoms with E-state index in [0.29, 0.717) is 0 Å². The van der Waals surface area contributed by atoms with Crippen LogP contribution in [0.5, 0.6) is 0 Å². The van der Waals surface area contributed by atoms with Crippen molar-refractivity contribution in [1.82, 2.24) is 9.97 Å². The number of aliphatic carboxylic acids is 1. The van der Waals surface area contributed by atoms with E-state index in [0.717, 1.165) is 0 Å². The second-order valence-corrected chi connectivity index (χ2v) is 4.25. The zero-order valence-electron chi connectivity index (χ0n) is 10.4. The first-order valence-corrected chi connectivity index (χ1v) is 5.68. The van der Waals surface area contributed by atoms with E-state index in [2.05, 4.69) is 15.3 Å². The molecule has 0 atom stereocenters. The molecule has 0 aliphatic heterocycles. The number of hydrogen-bond donors (Lipinski definition) is 2. The fraction of sp³-hybridized carbons (Fsp3) is 0.300. The van der Waals surface area contributed by atoms with Gasteiger partial charge in [-0.1, -0.05) is 11.6 Å². The quantitative estimate of drug-likeness (QED) is 0.607. The molecule has 0 aromatic carbocycles. The Morgan fingerprint density at radius 2 is 1.75 bits per heavy atom. The van der Waals surface area contributed by atoms with E-state index in [1.807, 2.05) is 0 Å². The number of carboxylic acid groups (broad SMARTS) is 2. The molecule has 9 nitrogen and oxygen atoms in total. The van der Waals surface area contributed by atoms with Crippen LogP contribution in [0.2, 0.25) is 5.15 Å². The van der Waals surface area contributed by atoms with Crippen LogP contribution in [0.1, 0.15) is 24.3 Å². The van der Waals surface area contributed by atoms with Crippen LogP contribution in [0.25, 0.3) is 0 Å². The molecule has 20 heavy (non-hydrogen) atoms. The van der Waals surface area contributed by atoms with Crippen LogP contribution in [0.4, 0.5) is 11.6 Å². The number of carbonyl (C=O) groups excluding carboxylic acids is 3. The van der Waals surface area contributed by atoms with Gasteiger partial charge < -0.3 is 30.4 Å². The first kappa shape index (κ1) is 15.6. The molecular weight excluding hydrogens is 292 g/mol. The van der Waals surface area contributed by atoms with Crippen molar-refractivity contribution in [2.45, 2.75) is 19.9 Å². The molecular formula is C10H9ClN4O5-2. The summed E-state index contributed by atoms with van der Waals surface area (Å²) >= 11 is 5.72. The molecule has 108 valence electrons. The number of carbonyl (C=O) groups is 3. The average Bonchev–Trinajstić information content (AvgIpc) is 2.31. The predicted octanol–water partition coefficient (Wildman–Crippen LogP) is -2.00. The monoisotopic (exact) mass is 300 g/mol. The number of nitrogens with one attached hydrogen (secondary N) is 2. The molecule has 1 aromatic heterocycles. The molecule has 0 bridgehead atoms. The Kier molecular flexibility index (Phi) is 4.81. The summed E-state index contributed by atoms with van der Waals surface area (Å²) in [6.45, 7) is 3.51. The van der Waals surface area contributed by atoms with E-state index in [1.54, 1.807) is 19.2 Å². The van der Waals surface area contributed by atoms with Gasteiger partial charge >= 0.3 is 0 Å². The third-order valence-electron chi connectivity index (χ3n) is 1.89. The van der Waals surface area contributed by atoms with E-state index in [4.69, 9.17) is 11.6 Å². The maximum atomic E-state index is 11.0. The second-order valence-electron chi connectivity index (χ2n) is 3.89. The maximum absolute atomic E-state index is 11.0. The van der Waals surface area contributed by atoms with Crippen LogP contribution in [0, 0.1) is 0 Å². The molecule has 1 amide bonds. The van der Waals surface area contributed by atoms with Crippen LogP contribution in [-0.4, -0.2) is 33.9 Å². The Morgan fingerprint density at radius 1 is 1.15 bits per heavy atom. The fourth-order valence-corrected chi connectivity index (χ4v) is 1.35. The van der Waals surface area contributed by atoms with Crippen molar-refractivity contribution < 1.29 is 24.6 Å². The molecule has 0 radical (unpaired) electrons. The minimum absolute atomic E-state index is 0.0136. The Morgan fingerprint density at radius 3 is 2.20 bits per heavy atom. The smallest absolute Gasteiger partial charge is 0.272 e. The highest BCUT2D eigenvalue weighted by molar-refractivity contribution is 6.36. The molecule has 10 heteroatoms. The maximum Gasteiger partial charge on any atom is 0.272 e. The van der Waals surface area contributed by atoms with Gasteiger partial charge in [0.1, 0.15) is 11.7 Å². The second kappa shape index (κ2) is 6.15. The Bertz CT molecular complexity index is 575. The number of nitrogens with zero attached hydrogens (tertiary/aromatic N) is 2. The van der Waals surface area contributed by atoms with Gasteiger partial charge in [-0.25, -0.2) is 9.97 Å². The van der Waals surface area contributed by atoms with Crippen molar-refractivity contribution in [3.8, 4) is 0 Å². The lowest BCUT2D eigenvalue weighted by Gasteiger charge is -2.15. The van der Waals surface area contributed by atoms with Crippen LogP contribution < -0.4 is 20.8 Å². The van der Waals surface area contributed by atoms with Crippen LogP contribution in [0.3, 0.4) is 0 Å². The van der Waals surface area contributed by atoms with Crippen molar-refractivity contribution in [3.05, 3.63) is 10.8 Å². The normalized spacial score (nSPS) is 10.2. The van der Waals surface area contributed by atoms with Gasteiger partial charge in [-0.3, -0.25) is 4.79 Å². The number of halogens is 1. The van der Waals surface area contributed by atoms with E-state index in [-0.39, 0.29) is 17.0 Å². The molecule has 1 heterocycles. The van der Waals surface area contributed by atoms with Gasteiger partial charge in [-0.15, -0.1) is 0 Å². The zero-order chi connectivity index (χ0) is 15.4. The first-order chi connectivity index (χ1) is 9.22. The summed E-state index contributed by atoms with van der Waals surface area (Å²) in [4.78, 5) is 39.4. The van der Waals surface area contributed by atoms with Gasteiger partial charge in [0.25, 0.3) is 5.91 Å². The Labute approximate surface area is 118 Å². The molecule has 1 rings (SSSR count). The lowest BCUT2D eigenvalue weighted by atomic mass is 10.3. The van der Waals surface area contributed by atoms with Crippen LogP contribution >= 0.6 is 11.6 Å². The van der Waals surface area contributed by atoms with Gasteiger partial charge in [-0.2, -0.15) is 0 Å². The van der Waals surface area contributed by atoms with Crippen molar-refractivity contribution >= 4 is 41.1 Å². The number of aromatic carboxylic acids is 1. The van der Waals surface area contributed by atoms with Crippen molar-refractivity contribution in [2.75, 3.05) is 10.6 Å². The highest BCUT2D eigenvalue weighted by Gasteiger charge is 2.16. The number of hydrogen-bond acceptors (Lipinski definition) is 8. The molecule has 0 spiro atoms. The van der Waals surface area contributed by atoms with Gasteiger partial charge in [0.2, 0.25) is 0 Å². The molecule has 0 saturated carbocycles. The summed E-state index contributed by atoms with van der Waals surface area (Å²) in [6, 6.07) is -0.111. The fourth-order valence-electron chi connectivity index (χ4n) is 1.17. The van der Waals surface area contributed by atoms with Gasteiger partial charge in [0.15, 0.2) is 16.8 Å². The third kappa shape index (κ3) is 3.79. The predicted molar refractivity (Wildman–Crippen MR) is 63.8 cm³/mol. The summed E-state index contributed by atoms with van der Waals surface area (Å²) < 4.78 is 0. The van der Waals surface area contributed by atoms with Crippen LogP contribution in [-0.2, 0) is 9.59 Å². The topological polar surface area (TPSA) is 147 Å². The molecule has 0 fully saturated rings. The first-order valence-electron chi connectivity index (χ1n) is 5.30. The zero-order valence-corrected chi connectivity index (χ0v) is 11.1. The number of carboxylic acids is 2.